The van der Waals surface area contributed by atoms with Gasteiger partial charge in [-0.25, -0.2) is 0 Å². The van der Waals surface area contributed by atoms with E-state index in [1.165, 1.54) is 302 Å². The third kappa shape index (κ3) is 66.8. The molecule has 81 heavy (non-hydrogen) atoms. The lowest BCUT2D eigenvalue weighted by molar-refractivity contribution is -0.143. The van der Waals surface area contributed by atoms with E-state index >= 15 is 0 Å². The third-order valence-electron chi connectivity index (χ3n) is 16.9. The number of hydrogen-bond acceptors (Lipinski definition) is 5. The number of aliphatic hydroxyl groups is 2. The minimum absolute atomic E-state index is 0.00364. The number of allylic oxidation sites excluding steroid dienone is 8. The smallest absolute Gasteiger partial charge is 0.305 e. The standard InChI is InChI=1S/C75H141NO5/c1-3-5-7-9-11-13-15-17-19-21-32-35-39-43-47-51-55-59-63-67-73(78)72(71-77)76-74(79)68-64-60-56-52-48-44-40-36-33-30-28-26-24-23-25-27-29-31-34-38-42-46-50-54-58-62-66-70-81-75(80)69-65-61-57-53-49-45-41-37-22-20-18-16-14-12-10-8-6-4-2/h14,16,20,22-24,27,29,72-73,77-78H,3-13,15,17-19,21,25-26,28,30-71H2,1-2H3,(H,76,79)/b16-14-,22-20-,24-23-,29-27-. The topological polar surface area (TPSA) is 95.9 Å². The first kappa shape index (κ1) is 78.8. The zero-order chi connectivity index (χ0) is 58.5. The molecule has 0 aliphatic carbocycles. The van der Waals surface area contributed by atoms with Gasteiger partial charge in [0.25, 0.3) is 0 Å². The average molecular weight is 1140 g/mol. The number of carbonyl (C=O) groups excluding carboxylic acids is 2. The molecular formula is C75H141NO5. The second-order valence-electron chi connectivity index (χ2n) is 24.9. The molecule has 0 radical (unpaired) electrons. The molecule has 0 aliphatic rings. The van der Waals surface area contributed by atoms with E-state index in [0.717, 1.165) is 57.8 Å². The van der Waals surface area contributed by atoms with Crippen LogP contribution in [0.5, 0.6) is 0 Å². The SMILES string of the molecule is CCCCCC/C=C\C/C=C\CCCCCCCCCC(=O)OCCCCCCCCCCC/C=C\C/C=C\CCCCCCCCCCCCCC(=O)NC(CO)C(O)CCCCCCCCCCCCCCCCCCCCC. The van der Waals surface area contributed by atoms with Crippen LogP contribution in [0.15, 0.2) is 48.6 Å². The lowest BCUT2D eigenvalue weighted by Crippen LogP contribution is -2.45. The van der Waals surface area contributed by atoms with E-state index in [1.807, 2.05) is 0 Å². The summed E-state index contributed by atoms with van der Waals surface area (Å²) in [5.74, 6) is -0.0313. The number of esters is 1. The molecule has 0 fully saturated rings. The van der Waals surface area contributed by atoms with Crippen molar-refractivity contribution in [1.29, 1.82) is 0 Å². The largest absolute Gasteiger partial charge is 0.466 e. The van der Waals surface area contributed by atoms with Crippen LogP contribution in [0.1, 0.15) is 393 Å². The van der Waals surface area contributed by atoms with Crippen molar-refractivity contribution < 1.29 is 24.5 Å². The van der Waals surface area contributed by atoms with E-state index in [1.54, 1.807) is 0 Å². The van der Waals surface area contributed by atoms with E-state index in [9.17, 15) is 19.8 Å². The molecule has 0 aromatic heterocycles. The van der Waals surface area contributed by atoms with Gasteiger partial charge in [0.15, 0.2) is 0 Å². The Morgan fingerprint density at radius 1 is 0.346 bits per heavy atom. The Bertz CT molecular complexity index is 1360. The van der Waals surface area contributed by atoms with Crippen LogP contribution in [0.25, 0.3) is 0 Å². The fourth-order valence-electron chi connectivity index (χ4n) is 11.3. The summed E-state index contributed by atoms with van der Waals surface area (Å²) >= 11 is 0. The average Bonchev–Trinajstić information content (AvgIpc) is 3.47. The molecular weight excluding hydrogens is 995 g/mol. The normalized spacial score (nSPS) is 12.8. The summed E-state index contributed by atoms with van der Waals surface area (Å²) in [6.45, 7) is 4.96. The second-order valence-corrected chi connectivity index (χ2v) is 24.9. The molecule has 3 N–H and O–H groups in total. The van der Waals surface area contributed by atoms with E-state index in [0.29, 0.717) is 25.9 Å². The summed E-state index contributed by atoms with van der Waals surface area (Å²) in [4.78, 5) is 24.6. The van der Waals surface area contributed by atoms with Crippen LogP contribution in [0.4, 0.5) is 0 Å². The molecule has 0 rings (SSSR count). The molecule has 476 valence electrons. The first-order chi connectivity index (χ1) is 40.0. The Hall–Kier alpha value is -2.18. The number of unbranched alkanes of at least 4 members (excludes halogenated alkanes) is 49. The number of carbonyl (C=O) groups is 2. The maximum atomic E-state index is 12.5. The van der Waals surface area contributed by atoms with Crippen LogP contribution in [0.2, 0.25) is 0 Å². The highest BCUT2D eigenvalue weighted by molar-refractivity contribution is 5.76. The summed E-state index contributed by atoms with van der Waals surface area (Å²) in [5.41, 5.74) is 0. The number of amides is 1. The van der Waals surface area contributed by atoms with Crippen LogP contribution in [-0.2, 0) is 14.3 Å². The van der Waals surface area contributed by atoms with E-state index in [4.69, 9.17) is 4.74 Å². The van der Waals surface area contributed by atoms with Gasteiger partial charge in [0.1, 0.15) is 0 Å². The summed E-state index contributed by atoms with van der Waals surface area (Å²) in [6, 6.07) is -0.546. The van der Waals surface area contributed by atoms with Gasteiger partial charge in [-0.3, -0.25) is 9.59 Å². The molecule has 2 unspecified atom stereocenters. The van der Waals surface area contributed by atoms with Gasteiger partial charge in [0, 0.05) is 12.8 Å². The van der Waals surface area contributed by atoms with Crippen molar-refractivity contribution in [2.75, 3.05) is 13.2 Å². The number of ether oxygens (including phenoxy) is 1. The van der Waals surface area contributed by atoms with Crippen LogP contribution in [-0.4, -0.2) is 47.4 Å². The van der Waals surface area contributed by atoms with Gasteiger partial charge in [0.2, 0.25) is 5.91 Å². The molecule has 0 aliphatic heterocycles. The van der Waals surface area contributed by atoms with Gasteiger partial charge in [-0.15, -0.1) is 0 Å². The van der Waals surface area contributed by atoms with Gasteiger partial charge < -0.3 is 20.3 Å². The lowest BCUT2D eigenvalue weighted by Gasteiger charge is -2.22. The molecule has 0 saturated carbocycles. The highest BCUT2D eigenvalue weighted by Crippen LogP contribution is 2.18. The molecule has 6 nitrogen and oxygen atoms in total. The third-order valence-corrected chi connectivity index (χ3v) is 16.9. The van der Waals surface area contributed by atoms with Crippen LogP contribution in [0.3, 0.4) is 0 Å². The molecule has 1 amide bonds. The lowest BCUT2D eigenvalue weighted by atomic mass is 10.0. The Balaban J connectivity index is 3.42. The summed E-state index contributed by atoms with van der Waals surface area (Å²) in [6.07, 6.45) is 91.6. The van der Waals surface area contributed by atoms with Gasteiger partial charge in [-0.1, -0.05) is 339 Å². The van der Waals surface area contributed by atoms with Crippen molar-refractivity contribution in [2.45, 2.75) is 405 Å². The van der Waals surface area contributed by atoms with Crippen LogP contribution < -0.4 is 5.32 Å². The monoisotopic (exact) mass is 1140 g/mol. The van der Waals surface area contributed by atoms with Crippen molar-refractivity contribution in [3.8, 4) is 0 Å². The first-order valence-corrected chi connectivity index (χ1v) is 36.4. The maximum absolute atomic E-state index is 12.5. The van der Waals surface area contributed by atoms with Gasteiger partial charge in [-0.05, 0) is 89.9 Å². The van der Waals surface area contributed by atoms with E-state index in [2.05, 4.69) is 67.8 Å². The summed E-state index contributed by atoms with van der Waals surface area (Å²) in [5, 5.41) is 23.4. The van der Waals surface area contributed by atoms with Gasteiger partial charge in [0.05, 0.1) is 25.4 Å². The van der Waals surface area contributed by atoms with Crippen molar-refractivity contribution in [3.05, 3.63) is 48.6 Å². The van der Waals surface area contributed by atoms with E-state index < -0.39 is 12.1 Å². The Morgan fingerprint density at radius 2 is 0.617 bits per heavy atom. The van der Waals surface area contributed by atoms with Gasteiger partial charge >= 0.3 is 5.97 Å². The molecule has 0 aromatic carbocycles. The second kappa shape index (κ2) is 70.3. The predicted molar refractivity (Wildman–Crippen MR) is 356 cm³/mol. The minimum Gasteiger partial charge on any atom is -0.466 e. The summed E-state index contributed by atoms with van der Waals surface area (Å²) in [7, 11) is 0. The van der Waals surface area contributed by atoms with Crippen LogP contribution in [0, 0.1) is 0 Å². The maximum Gasteiger partial charge on any atom is 0.305 e. The highest BCUT2D eigenvalue weighted by atomic mass is 16.5. The van der Waals surface area contributed by atoms with Crippen LogP contribution >= 0.6 is 0 Å². The summed E-state index contributed by atoms with van der Waals surface area (Å²) < 4.78 is 5.50. The van der Waals surface area contributed by atoms with E-state index in [-0.39, 0.29) is 18.5 Å². The van der Waals surface area contributed by atoms with Crippen molar-refractivity contribution >= 4 is 11.9 Å². The Morgan fingerprint density at radius 3 is 0.951 bits per heavy atom. The quantitative estimate of drug-likeness (QED) is 0.0320. The fraction of sp³-hybridized carbons (Fsp3) is 0.867. The van der Waals surface area contributed by atoms with Crippen molar-refractivity contribution in [3.63, 3.8) is 0 Å². The predicted octanol–water partition coefficient (Wildman–Crippen LogP) is 23.6. The molecule has 0 saturated heterocycles. The number of aliphatic hydroxyl groups excluding tert-OH is 2. The zero-order valence-electron chi connectivity index (χ0n) is 54.5. The molecule has 0 aromatic rings. The molecule has 6 heteroatoms. The van der Waals surface area contributed by atoms with Crippen molar-refractivity contribution in [1.82, 2.24) is 5.32 Å². The zero-order valence-corrected chi connectivity index (χ0v) is 54.5. The number of hydrogen-bond donors (Lipinski definition) is 3. The highest BCUT2D eigenvalue weighted by Gasteiger charge is 2.20. The molecule has 0 heterocycles. The Kier molecular flexibility index (Phi) is 68.4. The Labute approximate surface area is 506 Å². The van der Waals surface area contributed by atoms with Crippen molar-refractivity contribution in [2.24, 2.45) is 0 Å². The minimum atomic E-state index is -0.668. The number of rotatable bonds is 68. The first-order valence-electron chi connectivity index (χ1n) is 36.4. The molecule has 2 atom stereocenters. The fourth-order valence-corrected chi connectivity index (χ4v) is 11.3. The number of nitrogens with one attached hydrogen (secondary N) is 1. The molecule has 0 bridgehead atoms. The van der Waals surface area contributed by atoms with Gasteiger partial charge in [-0.2, -0.15) is 0 Å². The molecule has 0 spiro atoms.